The minimum Gasteiger partial charge on any atom is -0.444 e. The van der Waals surface area contributed by atoms with Crippen molar-refractivity contribution < 1.29 is 18.8 Å². The maximum Gasteiger partial charge on any atom is 0.492 e. The summed E-state index contributed by atoms with van der Waals surface area (Å²) in [5.41, 5.74) is 1.44. The second-order valence-electron chi connectivity index (χ2n) is 9.65. The van der Waals surface area contributed by atoms with Gasteiger partial charge in [0.1, 0.15) is 5.60 Å². The van der Waals surface area contributed by atoms with E-state index in [1.54, 1.807) is 0 Å². The molecule has 2 rings (SSSR count). The van der Waals surface area contributed by atoms with E-state index in [1.807, 2.05) is 91.7 Å². The molecule has 0 saturated carbocycles. The van der Waals surface area contributed by atoms with Crippen molar-refractivity contribution in [3.05, 3.63) is 35.3 Å². The summed E-state index contributed by atoms with van der Waals surface area (Å²) in [5, 5.41) is 2.83. The molecule has 0 atom stereocenters. The van der Waals surface area contributed by atoms with Crippen LogP contribution in [0.2, 0.25) is 0 Å². The monoisotopic (exact) mass is 402 g/mol. The molecule has 1 aliphatic rings. The number of hydrogen-bond donors (Lipinski definition) is 1. The average Bonchev–Trinajstić information content (AvgIpc) is 2.77. The number of nitrogens with zero attached hydrogens (tertiary/aromatic N) is 1. The third-order valence-corrected chi connectivity index (χ3v) is 5.13. The Balaban J connectivity index is 2.29. The Morgan fingerprint density at radius 3 is 2.28 bits per heavy atom. The second-order valence-corrected chi connectivity index (χ2v) is 9.65. The van der Waals surface area contributed by atoms with Crippen molar-refractivity contribution in [1.82, 2.24) is 5.32 Å². The minimum absolute atomic E-state index is 0.262. The maximum absolute atomic E-state index is 12.2. The fraction of sp³-hybridized carbons (Fsp3) is 0.591. The van der Waals surface area contributed by atoms with Gasteiger partial charge in [-0.2, -0.15) is 0 Å². The first-order valence-corrected chi connectivity index (χ1v) is 10.0. The lowest BCUT2D eigenvalue weighted by molar-refractivity contribution is 0.00578. The third kappa shape index (κ3) is 6.24. The lowest BCUT2D eigenvalue weighted by Gasteiger charge is -2.32. The topological polar surface area (TPSA) is 60.0 Å². The van der Waals surface area contributed by atoms with E-state index in [9.17, 15) is 4.79 Å². The van der Waals surface area contributed by atoms with Crippen molar-refractivity contribution in [2.75, 3.05) is 25.5 Å². The van der Waals surface area contributed by atoms with Gasteiger partial charge in [-0.3, -0.25) is 0 Å². The lowest BCUT2D eigenvalue weighted by atomic mass is 9.77. The van der Waals surface area contributed by atoms with Gasteiger partial charge in [0.25, 0.3) is 0 Å². The molecular formula is C22H35BN2O4. The van der Waals surface area contributed by atoms with E-state index >= 15 is 0 Å². The number of nitrogens with one attached hydrogen (secondary N) is 1. The van der Waals surface area contributed by atoms with Gasteiger partial charge in [0, 0.05) is 26.3 Å². The minimum atomic E-state index is -0.557. The molecular weight excluding hydrogens is 367 g/mol. The molecule has 0 spiro atoms. The standard InChI is InChI=1S/C22H35BN2O4/c1-20(2,3)27-19(26)24-15-17(23-28-21(4,5)22(6,7)29-23)13-16-11-10-12-18(14-16)25(8)9/h10-14H,15H2,1-9H3,(H,24,26). The normalized spacial score (nSPS) is 18.5. The van der Waals surface area contributed by atoms with Crippen molar-refractivity contribution in [2.24, 2.45) is 0 Å². The van der Waals surface area contributed by atoms with Gasteiger partial charge in [-0.25, -0.2) is 4.79 Å². The molecule has 0 aromatic heterocycles. The summed E-state index contributed by atoms with van der Waals surface area (Å²) >= 11 is 0. The summed E-state index contributed by atoms with van der Waals surface area (Å²) in [6, 6.07) is 8.15. The van der Waals surface area contributed by atoms with Crippen LogP contribution in [0.1, 0.15) is 54.0 Å². The van der Waals surface area contributed by atoms with Crippen molar-refractivity contribution in [3.8, 4) is 0 Å². The molecule has 1 fully saturated rings. The van der Waals surface area contributed by atoms with Crippen LogP contribution in [0, 0.1) is 0 Å². The number of rotatable bonds is 5. The summed E-state index contributed by atoms with van der Waals surface area (Å²) < 4.78 is 17.8. The average molecular weight is 402 g/mol. The van der Waals surface area contributed by atoms with Gasteiger partial charge in [-0.15, -0.1) is 0 Å². The molecule has 6 nitrogen and oxygen atoms in total. The summed E-state index contributed by atoms with van der Waals surface area (Å²) in [6.45, 7) is 13.8. The largest absolute Gasteiger partial charge is 0.492 e. The first kappa shape index (κ1) is 23.3. The third-order valence-electron chi connectivity index (χ3n) is 5.13. The Hall–Kier alpha value is -1.99. The molecule has 160 valence electrons. The summed E-state index contributed by atoms with van der Waals surface area (Å²) in [5.74, 6) is 0. The smallest absolute Gasteiger partial charge is 0.444 e. The summed E-state index contributed by atoms with van der Waals surface area (Å²) in [6.07, 6.45) is 1.54. The van der Waals surface area contributed by atoms with Gasteiger partial charge in [-0.05, 0) is 71.6 Å². The lowest BCUT2D eigenvalue weighted by Crippen LogP contribution is -2.41. The first-order chi connectivity index (χ1) is 13.2. The van der Waals surface area contributed by atoms with Crippen LogP contribution in [0.15, 0.2) is 29.7 Å². The van der Waals surface area contributed by atoms with E-state index in [4.69, 9.17) is 14.0 Å². The maximum atomic E-state index is 12.2. The second kappa shape index (κ2) is 8.40. The zero-order valence-corrected chi connectivity index (χ0v) is 19.3. The summed E-state index contributed by atoms with van der Waals surface area (Å²) in [7, 11) is 3.45. The SMILES string of the molecule is CN(C)c1cccc(C=C(CNC(=O)OC(C)(C)C)B2OC(C)(C)C(C)(C)O2)c1. The highest BCUT2D eigenvalue weighted by Crippen LogP contribution is 2.38. The van der Waals surface area contributed by atoms with Gasteiger partial charge in [0.05, 0.1) is 11.2 Å². The quantitative estimate of drug-likeness (QED) is 0.745. The molecule has 7 heteroatoms. The van der Waals surface area contributed by atoms with E-state index in [-0.39, 0.29) is 6.54 Å². The molecule has 1 aromatic carbocycles. The van der Waals surface area contributed by atoms with E-state index < -0.39 is 30.0 Å². The first-order valence-electron chi connectivity index (χ1n) is 10.0. The molecule has 29 heavy (non-hydrogen) atoms. The molecule has 1 N–H and O–H groups in total. The number of amides is 1. The number of carbonyl (C=O) groups excluding carboxylic acids is 1. The Morgan fingerprint density at radius 1 is 1.17 bits per heavy atom. The van der Waals surface area contributed by atoms with Crippen LogP contribution in [0.3, 0.4) is 0 Å². The van der Waals surface area contributed by atoms with E-state index in [1.165, 1.54) is 0 Å². The number of ether oxygens (including phenoxy) is 1. The molecule has 1 saturated heterocycles. The molecule has 0 aliphatic carbocycles. The molecule has 0 bridgehead atoms. The van der Waals surface area contributed by atoms with Crippen molar-refractivity contribution in [2.45, 2.75) is 65.3 Å². The van der Waals surface area contributed by atoms with Gasteiger partial charge in [0.2, 0.25) is 0 Å². The highest BCUT2D eigenvalue weighted by molar-refractivity contribution is 6.56. The van der Waals surface area contributed by atoms with Gasteiger partial charge in [-0.1, -0.05) is 18.2 Å². The Morgan fingerprint density at radius 2 is 1.76 bits per heavy atom. The van der Waals surface area contributed by atoms with Crippen LogP contribution < -0.4 is 10.2 Å². The Bertz CT molecular complexity index is 750. The highest BCUT2D eigenvalue weighted by Gasteiger charge is 2.52. The van der Waals surface area contributed by atoms with Crippen LogP contribution in [0.5, 0.6) is 0 Å². The van der Waals surface area contributed by atoms with Crippen LogP contribution in [0.4, 0.5) is 10.5 Å². The predicted octanol–water partition coefficient (Wildman–Crippen LogP) is 4.29. The molecule has 0 unspecified atom stereocenters. The molecule has 1 aliphatic heterocycles. The van der Waals surface area contributed by atoms with Crippen molar-refractivity contribution in [1.29, 1.82) is 0 Å². The number of carbonyl (C=O) groups is 1. The van der Waals surface area contributed by atoms with Crippen LogP contribution in [-0.2, 0) is 14.0 Å². The van der Waals surface area contributed by atoms with E-state index in [0.29, 0.717) is 0 Å². The summed E-state index contributed by atoms with van der Waals surface area (Å²) in [4.78, 5) is 14.2. The van der Waals surface area contributed by atoms with E-state index in [2.05, 4.69) is 11.4 Å². The van der Waals surface area contributed by atoms with Crippen LogP contribution >= 0.6 is 0 Å². The van der Waals surface area contributed by atoms with E-state index in [0.717, 1.165) is 16.7 Å². The number of alkyl carbamates (subject to hydrolysis) is 1. The predicted molar refractivity (Wildman–Crippen MR) is 119 cm³/mol. The molecule has 1 amide bonds. The number of anilines is 1. The van der Waals surface area contributed by atoms with Crippen molar-refractivity contribution in [3.63, 3.8) is 0 Å². The zero-order chi connectivity index (χ0) is 22.0. The fourth-order valence-electron chi connectivity index (χ4n) is 2.79. The number of hydrogen-bond acceptors (Lipinski definition) is 5. The Labute approximate surface area is 175 Å². The van der Waals surface area contributed by atoms with Crippen LogP contribution in [-0.4, -0.2) is 50.7 Å². The van der Waals surface area contributed by atoms with Gasteiger partial charge < -0.3 is 24.3 Å². The number of benzene rings is 1. The van der Waals surface area contributed by atoms with Crippen molar-refractivity contribution >= 4 is 25.0 Å². The molecule has 1 heterocycles. The zero-order valence-electron chi connectivity index (χ0n) is 19.3. The molecule has 0 radical (unpaired) electrons. The Kier molecular flexibility index (Phi) is 6.75. The van der Waals surface area contributed by atoms with Gasteiger partial charge >= 0.3 is 13.2 Å². The van der Waals surface area contributed by atoms with Gasteiger partial charge in [0.15, 0.2) is 0 Å². The highest BCUT2D eigenvalue weighted by atomic mass is 16.7. The van der Waals surface area contributed by atoms with Crippen LogP contribution in [0.25, 0.3) is 6.08 Å². The fourth-order valence-corrected chi connectivity index (χ4v) is 2.79. The molecule has 1 aromatic rings.